The van der Waals surface area contributed by atoms with Crippen molar-refractivity contribution in [1.29, 1.82) is 0 Å². The van der Waals surface area contributed by atoms with E-state index >= 15 is 0 Å². The Kier molecular flexibility index (Phi) is 3.17. The van der Waals surface area contributed by atoms with Gasteiger partial charge >= 0.3 is 0 Å². The van der Waals surface area contributed by atoms with Crippen LogP contribution in [-0.4, -0.2) is 12.5 Å². The standard InChI is InChI=1S/C9H10OS/c1-11-9-5-3-2-4-8(9)6-7-10/h2-5,7H,6H2,1H3. The van der Waals surface area contributed by atoms with E-state index in [1.807, 2.05) is 30.5 Å². The maximum absolute atomic E-state index is 10.2. The monoisotopic (exact) mass is 166 g/mol. The fourth-order valence-electron chi connectivity index (χ4n) is 0.961. The first kappa shape index (κ1) is 8.34. The summed E-state index contributed by atoms with van der Waals surface area (Å²) in [6.07, 6.45) is 3.48. The van der Waals surface area contributed by atoms with Crippen LogP contribution in [-0.2, 0) is 11.2 Å². The van der Waals surface area contributed by atoms with Crippen LogP contribution in [0.3, 0.4) is 0 Å². The number of carbonyl (C=O) groups excluding carboxylic acids is 1. The minimum absolute atomic E-state index is 0.525. The zero-order valence-electron chi connectivity index (χ0n) is 6.41. The molecule has 0 unspecified atom stereocenters. The first-order chi connectivity index (χ1) is 5.38. The summed E-state index contributed by atoms with van der Waals surface area (Å²) in [6.45, 7) is 0. The lowest BCUT2D eigenvalue weighted by molar-refractivity contribution is -0.107. The van der Waals surface area contributed by atoms with Gasteiger partial charge in [0.2, 0.25) is 0 Å². The highest BCUT2D eigenvalue weighted by Crippen LogP contribution is 2.19. The lowest BCUT2D eigenvalue weighted by atomic mass is 10.2. The van der Waals surface area contributed by atoms with Crippen LogP contribution in [0.25, 0.3) is 0 Å². The predicted octanol–water partition coefficient (Wildman–Crippen LogP) is 2.15. The molecule has 0 saturated heterocycles. The Labute approximate surface area is 70.8 Å². The Morgan fingerprint density at radius 2 is 2.18 bits per heavy atom. The SMILES string of the molecule is CSc1ccccc1CC=O. The van der Waals surface area contributed by atoms with E-state index in [1.165, 1.54) is 4.90 Å². The Hall–Kier alpha value is -0.760. The average Bonchev–Trinajstić information content (AvgIpc) is 2.06. The summed E-state index contributed by atoms with van der Waals surface area (Å²) < 4.78 is 0. The van der Waals surface area contributed by atoms with Crippen molar-refractivity contribution in [1.82, 2.24) is 0 Å². The molecule has 58 valence electrons. The van der Waals surface area contributed by atoms with Gasteiger partial charge in [0.1, 0.15) is 6.29 Å². The lowest BCUT2D eigenvalue weighted by Gasteiger charge is -2.01. The van der Waals surface area contributed by atoms with Crippen LogP contribution in [0.4, 0.5) is 0 Å². The molecule has 0 N–H and O–H groups in total. The first-order valence-electron chi connectivity index (χ1n) is 3.44. The number of rotatable bonds is 3. The number of carbonyl (C=O) groups is 1. The molecule has 2 heteroatoms. The summed E-state index contributed by atoms with van der Waals surface area (Å²) in [6, 6.07) is 7.96. The second-order valence-electron chi connectivity index (χ2n) is 2.18. The largest absolute Gasteiger partial charge is 0.303 e. The molecular weight excluding hydrogens is 156 g/mol. The third-order valence-corrected chi connectivity index (χ3v) is 2.33. The van der Waals surface area contributed by atoms with Crippen molar-refractivity contribution < 1.29 is 4.79 Å². The molecule has 1 nitrogen and oxygen atoms in total. The van der Waals surface area contributed by atoms with Crippen LogP contribution in [0.1, 0.15) is 5.56 Å². The molecule has 11 heavy (non-hydrogen) atoms. The lowest BCUT2D eigenvalue weighted by Crippen LogP contribution is -1.87. The molecule has 0 heterocycles. The molecule has 0 fully saturated rings. The van der Waals surface area contributed by atoms with Crippen LogP contribution in [0.15, 0.2) is 29.2 Å². The van der Waals surface area contributed by atoms with Gasteiger partial charge in [0.05, 0.1) is 0 Å². The molecule has 0 spiro atoms. The van der Waals surface area contributed by atoms with Gasteiger partial charge in [0.15, 0.2) is 0 Å². The van der Waals surface area contributed by atoms with Crippen LogP contribution in [0.2, 0.25) is 0 Å². The highest BCUT2D eigenvalue weighted by atomic mass is 32.2. The molecular formula is C9H10OS. The molecule has 0 amide bonds. The number of thioether (sulfide) groups is 1. The molecule has 0 radical (unpaired) electrons. The topological polar surface area (TPSA) is 17.1 Å². The molecule has 1 aromatic carbocycles. The molecule has 0 bridgehead atoms. The number of hydrogen-bond acceptors (Lipinski definition) is 2. The normalized spacial score (nSPS) is 9.55. The molecule has 0 aliphatic heterocycles. The van der Waals surface area contributed by atoms with Crippen molar-refractivity contribution in [3.05, 3.63) is 29.8 Å². The van der Waals surface area contributed by atoms with E-state index in [4.69, 9.17) is 0 Å². The van der Waals surface area contributed by atoms with Crippen LogP contribution in [0, 0.1) is 0 Å². The quantitative estimate of drug-likeness (QED) is 0.505. The van der Waals surface area contributed by atoms with Crippen molar-refractivity contribution >= 4 is 18.0 Å². The Morgan fingerprint density at radius 3 is 2.82 bits per heavy atom. The number of aldehydes is 1. The van der Waals surface area contributed by atoms with Crippen molar-refractivity contribution in [2.75, 3.05) is 6.26 Å². The molecule has 1 rings (SSSR count). The van der Waals surface area contributed by atoms with E-state index in [2.05, 4.69) is 0 Å². The number of hydrogen-bond donors (Lipinski definition) is 0. The van der Waals surface area contributed by atoms with E-state index in [9.17, 15) is 4.79 Å². The maximum atomic E-state index is 10.2. The molecule has 0 atom stereocenters. The van der Waals surface area contributed by atoms with Crippen molar-refractivity contribution in [2.45, 2.75) is 11.3 Å². The minimum Gasteiger partial charge on any atom is -0.303 e. The van der Waals surface area contributed by atoms with E-state index in [1.54, 1.807) is 11.8 Å². The molecule has 1 aromatic rings. The number of benzene rings is 1. The summed E-state index contributed by atoms with van der Waals surface area (Å²) in [5.41, 5.74) is 1.12. The van der Waals surface area contributed by atoms with Gasteiger partial charge < -0.3 is 4.79 Å². The summed E-state index contributed by atoms with van der Waals surface area (Å²) in [4.78, 5) is 11.4. The summed E-state index contributed by atoms with van der Waals surface area (Å²) in [5, 5.41) is 0. The van der Waals surface area contributed by atoms with E-state index in [0.29, 0.717) is 6.42 Å². The van der Waals surface area contributed by atoms with Crippen molar-refractivity contribution in [2.24, 2.45) is 0 Å². The fourth-order valence-corrected chi connectivity index (χ4v) is 1.59. The van der Waals surface area contributed by atoms with Gasteiger partial charge in [-0.25, -0.2) is 0 Å². The van der Waals surface area contributed by atoms with E-state index < -0.39 is 0 Å². The molecule has 0 aliphatic rings. The van der Waals surface area contributed by atoms with Gasteiger partial charge in [-0.05, 0) is 17.9 Å². The summed E-state index contributed by atoms with van der Waals surface area (Å²) >= 11 is 1.68. The second-order valence-corrected chi connectivity index (χ2v) is 3.03. The Balaban J connectivity index is 2.92. The Bertz CT molecular complexity index is 245. The second kappa shape index (κ2) is 4.19. The minimum atomic E-state index is 0.525. The van der Waals surface area contributed by atoms with Crippen molar-refractivity contribution in [3.63, 3.8) is 0 Å². The third-order valence-electron chi connectivity index (χ3n) is 1.50. The van der Waals surface area contributed by atoms with Crippen molar-refractivity contribution in [3.8, 4) is 0 Å². The average molecular weight is 166 g/mol. The highest BCUT2D eigenvalue weighted by molar-refractivity contribution is 7.98. The van der Waals surface area contributed by atoms with Crippen LogP contribution in [0.5, 0.6) is 0 Å². The first-order valence-corrected chi connectivity index (χ1v) is 4.66. The van der Waals surface area contributed by atoms with Crippen LogP contribution < -0.4 is 0 Å². The molecule has 0 saturated carbocycles. The zero-order chi connectivity index (χ0) is 8.10. The zero-order valence-corrected chi connectivity index (χ0v) is 7.23. The van der Waals surface area contributed by atoms with E-state index in [0.717, 1.165) is 11.8 Å². The summed E-state index contributed by atoms with van der Waals surface area (Å²) in [5.74, 6) is 0. The maximum Gasteiger partial charge on any atom is 0.124 e. The van der Waals surface area contributed by atoms with Gasteiger partial charge in [-0.3, -0.25) is 0 Å². The van der Waals surface area contributed by atoms with Gasteiger partial charge in [-0.1, -0.05) is 18.2 Å². The Morgan fingerprint density at radius 1 is 1.45 bits per heavy atom. The summed E-state index contributed by atoms with van der Waals surface area (Å²) in [7, 11) is 0. The highest BCUT2D eigenvalue weighted by Gasteiger charge is 1.97. The smallest absolute Gasteiger partial charge is 0.124 e. The third kappa shape index (κ3) is 2.09. The van der Waals surface area contributed by atoms with Gasteiger partial charge in [-0.2, -0.15) is 0 Å². The fraction of sp³-hybridized carbons (Fsp3) is 0.222. The van der Waals surface area contributed by atoms with Gasteiger partial charge in [-0.15, -0.1) is 11.8 Å². The van der Waals surface area contributed by atoms with Gasteiger partial charge in [0, 0.05) is 11.3 Å². The predicted molar refractivity (Wildman–Crippen MR) is 48.0 cm³/mol. The molecule has 0 aromatic heterocycles. The molecule has 0 aliphatic carbocycles. The van der Waals surface area contributed by atoms with Gasteiger partial charge in [0.25, 0.3) is 0 Å². The van der Waals surface area contributed by atoms with Crippen LogP contribution >= 0.6 is 11.8 Å². The van der Waals surface area contributed by atoms with E-state index in [-0.39, 0.29) is 0 Å².